The van der Waals surface area contributed by atoms with Gasteiger partial charge in [-0.25, -0.2) is 0 Å². The van der Waals surface area contributed by atoms with Crippen LogP contribution in [-0.2, 0) is 0 Å². The van der Waals surface area contributed by atoms with E-state index in [1.54, 1.807) is 0 Å². The fourth-order valence-corrected chi connectivity index (χ4v) is 5.33. The average molecular weight is 242 g/mol. The first kappa shape index (κ1) is 11.3. The first-order valence-electron chi connectivity index (χ1n) is 7.10. The third-order valence-corrected chi connectivity index (χ3v) is 5.74. The van der Waals surface area contributed by atoms with Crippen LogP contribution in [0.25, 0.3) is 0 Å². The summed E-state index contributed by atoms with van der Waals surface area (Å²) in [4.78, 5) is 2.79. The van der Waals surface area contributed by atoms with Gasteiger partial charge >= 0.3 is 0 Å². The second-order valence-corrected chi connectivity index (χ2v) is 6.92. The number of alkyl halides is 1. The SMILES string of the molecule is CC(C)N1C2CCC1C1C(Cl)CCCC1C2. The van der Waals surface area contributed by atoms with Gasteiger partial charge in [-0.15, -0.1) is 11.6 Å². The molecule has 3 rings (SSSR count). The van der Waals surface area contributed by atoms with Gasteiger partial charge in [0.25, 0.3) is 0 Å². The molecule has 2 heteroatoms. The molecular weight excluding hydrogens is 218 g/mol. The van der Waals surface area contributed by atoms with Crippen molar-refractivity contribution >= 4 is 11.6 Å². The van der Waals surface area contributed by atoms with Crippen LogP contribution in [0.4, 0.5) is 0 Å². The predicted molar refractivity (Wildman–Crippen MR) is 68.9 cm³/mol. The Morgan fingerprint density at radius 1 is 1.12 bits per heavy atom. The molecule has 0 aromatic heterocycles. The van der Waals surface area contributed by atoms with E-state index in [9.17, 15) is 0 Å². The Balaban J connectivity index is 1.86. The van der Waals surface area contributed by atoms with Crippen LogP contribution in [0, 0.1) is 11.8 Å². The summed E-state index contributed by atoms with van der Waals surface area (Å²) in [6.07, 6.45) is 8.36. The Morgan fingerprint density at radius 3 is 2.69 bits per heavy atom. The van der Waals surface area contributed by atoms with Gasteiger partial charge in [0.1, 0.15) is 0 Å². The van der Waals surface area contributed by atoms with Crippen LogP contribution in [-0.4, -0.2) is 28.4 Å². The Bertz CT molecular complexity index is 265. The van der Waals surface area contributed by atoms with Crippen molar-refractivity contribution in [2.45, 2.75) is 75.9 Å². The number of rotatable bonds is 1. The number of hydrogen-bond acceptors (Lipinski definition) is 1. The van der Waals surface area contributed by atoms with Gasteiger partial charge in [0.15, 0.2) is 0 Å². The molecule has 0 spiro atoms. The van der Waals surface area contributed by atoms with Crippen LogP contribution in [0.15, 0.2) is 0 Å². The van der Waals surface area contributed by atoms with Crippen molar-refractivity contribution in [3.63, 3.8) is 0 Å². The van der Waals surface area contributed by atoms with Crippen molar-refractivity contribution in [2.24, 2.45) is 11.8 Å². The van der Waals surface area contributed by atoms with Gasteiger partial charge in [-0.1, -0.05) is 6.42 Å². The normalized spacial score (nSPS) is 48.4. The van der Waals surface area contributed by atoms with E-state index in [1.165, 1.54) is 38.5 Å². The van der Waals surface area contributed by atoms with Crippen molar-refractivity contribution in [3.05, 3.63) is 0 Å². The summed E-state index contributed by atoms with van der Waals surface area (Å²) in [6.45, 7) is 4.72. The molecule has 0 aromatic carbocycles. The number of fused-ring (bicyclic) bond motifs is 4. The Morgan fingerprint density at radius 2 is 1.94 bits per heavy atom. The second-order valence-electron chi connectivity index (χ2n) is 6.36. The van der Waals surface area contributed by atoms with Crippen molar-refractivity contribution in [1.82, 2.24) is 4.90 Å². The molecule has 3 fully saturated rings. The molecule has 1 saturated carbocycles. The van der Waals surface area contributed by atoms with Crippen LogP contribution in [0.5, 0.6) is 0 Å². The van der Waals surface area contributed by atoms with Crippen molar-refractivity contribution in [1.29, 1.82) is 0 Å². The van der Waals surface area contributed by atoms with Crippen molar-refractivity contribution in [2.75, 3.05) is 0 Å². The van der Waals surface area contributed by atoms with E-state index in [4.69, 9.17) is 11.6 Å². The molecule has 5 atom stereocenters. The van der Waals surface area contributed by atoms with E-state index in [0.717, 1.165) is 23.9 Å². The molecule has 5 unspecified atom stereocenters. The van der Waals surface area contributed by atoms with Crippen LogP contribution in [0.2, 0.25) is 0 Å². The zero-order chi connectivity index (χ0) is 11.3. The molecule has 0 amide bonds. The third kappa shape index (κ3) is 1.62. The van der Waals surface area contributed by atoms with Gasteiger partial charge in [0, 0.05) is 23.5 Å². The maximum absolute atomic E-state index is 6.63. The molecule has 1 nitrogen and oxygen atoms in total. The second kappa shape index (κ2) is 4.17. The first-order valence-corrected chi connectivity index (χ1v) is 7.53. The summed E-state index contributed by atoms with van der Waals surface area (Å²) in [5.41, 5.74) is 0. The molecule has 2 saturated heterocycles. The molecule has 1 aliphatic carbocycles. The number of piperidine rings is 1. The molecular formula is C14H24ClN. The molecule has 2 heterocycles. The highest BCUT2D eigenvalue weighted by Crippen LogP contribution is 2.50. The molecule has 0 aromatic rings. The summed E-state index contributed by atoms with van der Waals surface area (Å²) in [5, 5.41) is 0.462. The highest BCUT2D eigenvalue weighted by Gasteiger charge is 2.50. The fourth-order valence-electron chi connectivity index (χ4n) is 4.80. The van der Waals surface area contributed by atoms with E-state index in [-0.39, 0.29) is 0 Å². The summed E-state index contributed by atoms with van der Waals surface area (Å²) in [5.74, 6) is 1.75. The topological polar surface area (TPSA) is 3.24 Å². The maximum atomic E-state index is 6.63. The highest BCUT2D eigenvalue weighted by molar-refractivity contribution is 6.20. The Labute approximate surface area is 105 Å². The quantitative estimate of drug-likeness (QED) is 0.634. The number of hydrogen-bond donors (Lipinski definition) is 0. The minimum atomic E-state index is 0.462. The van der Waals surface area contributed by atoms with Gasteiger partial charge in [0.2, 0.25) is 0 Å². The summed E-state index contributed by atoms with van der Waals surface area (Å²) >= 11 is 6.63. The first-order chi connectivity index (χ1) is 7.68. The van der Waals surface area contributed by atoms with Gasteiger partial charge < -0.3 is 0 Å². The van der Waals surface area contributed by atoms with Crippen LogP contribution in [0.3, 0.4) is 0 Å². The average Bonchev–Trinajstić information content (AvgIpc) is 2.54. The molecule has 92 valence electrons. The maximum Gasteiger partial charge on any atom is 0.0381 e. The molecule has 3 aliphatic rings. The van der Waals surface area contributed by atoms with Crippen LogP contribution >= 0.6 is 11.6 Å². The zero-order valence-corrected chi connectivity index (χ0v) is 11.3. The Hall–Kier alpha value is 0.250. The van der Waals surface area contributed by atoms with E-state index in [2.05, 4.69) is 18.7 Å². The smallest absolute Gasteiger partial charge is 0.0381 e. The lowest BCUT2D eigenvalue weighted by Crippen LogP contribution is -2.55. The molecule has 0 N–H and O–H groups in total. The summed E-state index contributed by atoms with van der Waals surface area (Å²) in [7, 11) is 0. The van der Waals surface area contributed by atoms with Gasteiger partial charge in [-0.2, -0.15) is 0 Å². The van der Waals surface area contributed by atoms with E-state index in [0.29, 0.717) is 11.4 Å². The van der Waals surface area contributed by atoms with E-state index < -0.39 is 0 Å². The zero-order valence-electron chi connectivity index (χ0n) is 10.5. The van der Waals surface area contributed by atoms with E-state index in [1.807, 2.05) is 0 Å². The van der Waals surface area contributed by atoms with Crippen LogP contribution in [0.1, 0.15) is 52.4 Å². The lowest BCUT2D eigenvalue weighted by Gasteiger charge is -2.50. The largest absolute Gasteiger partial charge is 0.295 e. The van der Waals surface area contributed by atoms with E-state index >= 15 is 0 Å². The predicted octanol–water partition coefficient (Wildman–Crippen LogP) is 3.66. The van der Waals surface area contributed by atoms with Crippen LogP contribution < -0.4 is 0 Å². The molecule has 2 aliphatic heterocycles. The summed E-state index contributed by atoms with van der Waals surface area (Å²) in [6, 6.07) is 2.41. The lowest BCUT2D eigenvalue weighted by molar-refractivity contribution is 0.00541. The Kier molecular flexibility index (Phi) is 2.96. The third-order valence-electron chi connectivity index (χ3n) is 5.23. The summed E-state index contributed by atoms with van der Waals surface area (Å²) < 4.78 is 0. The monoisotopic (exact) mass is 241 g/mol. The number of halogens is 1. The minimum Gasteiger partial charge on any atom is -0.295 e. The molecule has 2 bridgehead atoms. The molecule has 0 radical (unpaired) electrons. The fraction of sp³-hybridized carbons (Fsp3) is 1.00. The van der Waals surface area contributed by atoms with Gasteiger partial charge in [-0.3, -0.25) is 4.90 Å². The minimum absolute atomic E-state index is 0.462. The number of nitrogens with zero attached hydrogens (tertiary/aromatic N) is 1. The molecule has 16 heavy (non-hydrogen) atoms. The van der Waals surface area contributed by atoms with Crippen molar-refractivity contribution in [3.8, 4) is 0 Å². The van der Waals surface area contributed by atoms with Crippen molar-refractivity contribution < 1.29 is 0 Å². The standard InChI is InChI=1S/C14H24ClN/c1-9(2)16-11-6-7-13(16)14-10(8-11)4-3-5-12(14)15/h9-14H,3-8H2,1-2H3. The lowest BCUT2D eigenvalue weighted by atomic mass is 9.70. The van der Waals surface area contributed by atoms with Gasteiger partial charge in [-0.05, 0) is 57.8 Å². The van der Waals surface area contributed by atoms with Gasteiger partial charge in [0.05, 0.1) is 0 Å². The highest BCUT2D eigenvalue weighted by atomic mass is 35.5.